The van der Waals surface area contributed by atoms with Crippen LogP contribution in [0.2, 0.25) is 0 Å². The van der Waals surface area contributed by atoms with E-state index in [0.717, 1.165) is 18.4 Å². The Bertz CT molecular complexity index is 1540. The van der Waals surface area contributed by atoms with Crippen LogP contribution in [0.15, 0.2) is 48.5 Å². The molecule has 3 heterocycles. The summed E-state index contributed by atoms with van der Waals surface area (Å²) >= 11 is 0. The van der Waals surface area contributed by atoms with Gasteiger partial charge < -0.3 is 0 Å². The molecular weight excluding hydrogens is 402 g/mol. The Hall–Kier alpha value is -2.94. The number of imidazole rings is 1. The largest absolute Gasteiger partial charge is 0.297 e. The van der Waals surface area contributed by atoms with Gasteiger partial charge in [-0.2, -0.15) is 4.40 Å². The molecule has 3 heteroatoms. The predicted molar refractivity (Wildman–Crippen MR) is 140 cm³/mol. The zero-order valence-corrected chi connectivity index (χ0v) is 21.4. The lowest BCUT2D eigenvalue weighted by molar-refractivity contribution is -0.449. The van der Waals surface area contributed by atoms with Crippen molar-refractivity contribution in [1.82, 2.24) is 9.55 Å². The zero-order chi connectivity index (χ0) is 23.7. The average Bonchev–Trinajstić information content (AvgIpc) is 2.98. The Morgan fingerprint density at radius 3 is 2.24 bits per heavy atom. The number of pyridine rings is 2. The topological polar surface area (TPSA) is 21.9 Å². The van der Waals surface area contributed by atoms with Crippen molar-refractivity contribution in [3.63, 3.8) is 0 Å². The second-order valence-electron chi connectivity index (χ2n) is 12.2. The van der Waals surface area contributed by atoms with Gasteiger partial charge >= 0.3 is 0 Å². The standard InChI is InChI=1S/C30H36N3/c1-19-15-21(18-30(5,6)7)31-27-22-11-9-10-12-23(22)33-24-14-13-20(17-29(2,3)4)16-25(24)32(8)28(33)26(19)27/h9-16H,17-18H2,1-8H3/q+1. The first-order valence-corrected chi connectivity index (χ1v) is 12.1. The third-order valence-corrected chi connectivity index (χ3v) is 6.51. The Labute approximate surface area is 197 Å². The maximum atomic E-state index is 5.25. The molecule has 3 nitrogen and oxygen atoms in total. The van der Waals surface area contributed by atoms with Crippen LogP contribution in [0.3, 0.4) is 0 Å². The van der Waals surface area contributed by atoms with Crippen LogP contribution in [0.25, 0.3) is 38.5 Å². The Kier molecular flexibility index (Phi) is 4.83. The molecule has 3 aromatic heterocycles. The SMILES string of the molecule is Cc1cc(CC(C)(C)C)nc2c3ccccc3[n+]3c4ccc(CC(C)(C)C)cc4n(C)c3c12. The minimum Gasteiger partial charge on any atom is -0.252 e. The lowest BCUT2D eigenvalue weighted by Gasteiger charge is -2.18. The Morgan fingerprint density at radius 1 is 0.848 bits per heavy atom. The summed E-state index contributed by atoms with van der Waals surface area (Å²) in [5.41, 5.74) is 10.4. The van der Waals surface area contributed by atoms with Crippen molar-refractivity contribution in [2.45, 2.75) is 61.3 Å². The normalized spacial score (nSPS) is 13.1. The van der Waals surface area contributed by atoms with Gasteiger partial charge in [0, 0.05) is 11.1 Å². The Morgan fingerprint density at radius 2 is 1.55 bits per heavy atom. The fourth-order valence-electron chi connectivity index (χ4n) is 5.37. The van der Waals surface area contributed by atoms with Gasteiger partial charge in [0.25, 0.3) is 5.65 Å². The van der Waals surface area contributed by atoms with E-state index in [4.69, 9.17) is 4.98 Å². The molecular formula is C30H36N3+. The van der Waals surface area contributed by atoms with Gasteiger partial charge in [0.05, 0.1) is 18.0 Å². The first-order valence-electron chi connectivity index (χ1n) is 12.1. The molecule has 0 amide bonds. The first-order chi connectivity index (χ1) is 15.4. The molecule has 0 saturated heterocycles. The van der Waals surface area contributed by atoms with Crippen LogP contribution in [0.5, 0.6) is 0 Å². The number of hydrogen-bond donors (Lipinski definition) is 0. The molecule has 5 rings (SSSR count). The lowest BCUT2D eigenvalue weighted by atomic mass is 9.88. The number of benzene rings is 2. The smallest absolute Gasteiger partial charge is 0.252 e. The summed E-state index contributed by atoms with van der Waals surface area (Å²) in [5, 5.41) is 2.47. The van der Waals surface area contributed by atoms with Gasteiger partial charge in [-0.1, -0.05) is 59.7 Å². The highest BCUT2D eigenvalue weighted by Gasteiger charge is 2.26. The summed E-state index contributed by atoms with van der Waals surface area (Å²) in [6.07, 6.45) is 2.03. The molecule has 0 aliphatic heterocycles. The van der Waals surface area contributed by atoms with Gasteiger partial charge in [-0.25, -0.2) is 4.57 Å². The predicted octanol–water partition coefficient (Wildman–Crippen LogP) is 7.10. The van der Waals surface area contributed by atoms with Crippen LogP contribution in [-0.2, 0) is 19.9 Å². The van der Waals surface area contributed by atoms with Gasteiger partial charge in [0.1, 0.15) is 5.52 Å². The zero-order valence-electron chi connectivity index (χ0n) is 21.4. The second kappa shape index (κ2) is 7.28. The summed E-state index contributed by atoms with van der Waals surface area (Å²) in [5.74, 6) is 0. The number of rotatable bonds is 2. The number of nitrogens with zero attached hydrogens (tertiary/aromatic N) is 3. The molecule has 0 N–H and O–H groups in total. The van der Waals surface area contributed by atoms with E-state index >= 15 is 0 Å². The van der Waals surface area contributed by atoms with E-state index in [9.17, 15) is 0 Å². The van der Waals surface area contributed by atoms with Crippen LogP contribution in [-0.4, -0.2) is 9.55 Å². The minimum atomic E-state index is 0.199. The molecule has 0 unspecified atom stereocenters. The van der Waals surface area contributed by atoms with Crippen molar-refractivity contribution in [3.8, 4) is 0 Å². The van der Waals surface area contributed by atoms with E-state index in [1.807, 2.05) is 0 Å². The molecule has 0 saturated carbocycles. The molecule has 2 aromatic carbocycles. The van der Waals surface area contributed by atoms with Gasteiger partial charge in [-0.15, -0.1) is 0 Å². The third kappa shape index (κ3) is 3.78. The first kappa shape index (κ1) is 21.9. The van der Waals surface area contributed by atoms with Crippen molar-refractivity contribution < 1.29 is 4.40 Å². The molecule has 0 aliphatic rings. The van der Waals surface area contributed by atoms with E-state index in [1.165, 1.54) is 49.8 Å². The van der Waals surface area contributed by atoms with Gasteiger partial charge in [0.15, 0.2) is 11.0 Å². The molecule has 33 heavy (non-hydrogen) atoms. The highest BCUT2D eigenvalue weighted by molar-refractivity contribution is 6.09. The van der Waals surface area contributed by atoms with Crippen LogP contribution < -0.4 is 4.40 Å². The maximum absolute atomic E-state index is 5.25. The molecule has 170 valence electrons. The highest BCUT2D eigenvalue weighted by atomic mass is 15.1. The van der Waals surface area contributed by atoms with E-state index < -0.39 is 0 Å². The maximum Gasteiger partial charge on any atom is 0.297 e. The Balaban J connectivity index is 1.93. The quantitative estimate of drug-likeness (QED) is 0.213. The number of fused-ring (bicyclic) bond motifs is 8. The summed E-state index contributed by atoms with van der Waals surface area (Å²) in [6, 6.07) is 18.0. The average molecular weight is 439 g/mol. The number of hydrogen-bond acceptors (Lipinski definition) is 1. The van der Waals surface area contributed by atoms with E-state index in [2.05, 4.69) is 113 Å². The molecule has 0 bridgehead atoms. The fraction of sp³-hybridized carbons (Fsp3) is 0.400. The van der Waals surface area contributed by atoms with Crippen molar-refractivity contribution in [2.75, 3.05) is 0 Å². The summed E-state index contributed by atoms with van der Waals surface area (Å²) in [7, 11) is 2.20. The van der Waals surface area contributed by atoms with Crippen LogP contribution in [0.4, 0.5) is 0 Å². The van der Waals surface area contributed by atoms with Crippen LogP contribution in [0.1, 0.15) is 58.4 Å². The summed E-state index contributed by atoms with van der Waals surface area (Å²) in [4.78, 5) is 5.25. The van der Waals surface area contributed by atoms with Gasteiger partial charge in [-0.05, 0) is 72.1 Å². The van der Waals surface area contributed by atoms with Crippen LogP contribution >= 0.6 is 0 Å². The number of aromatic nitrogens is 3. The van der Waals surface area contributed by atoms with E-state index in [-0.39, 0.29) is 10.8 Å². The molecule has 0 spiro atoms. The number of aryl methyl sites for hydroxylation is 2. The van der Waals surface area contributed by atoms with Gasteiger partial charge in [0.2, 0.25) is 0 Å². The molecule has 0 aliphatic carbocycles. The molecule has 0 atom stereocenters. The molecule has 0 radical (unpaired) electrons. The molecule has 5 aromatic rings. The second-order valence-corrected chi connectivity index (χ2v) is 12.2. The van der Waals surface area contributed by atoms with Crippen molar-refractivity contribution in [1.29, 1.82) is 0 Å². The van der Waals surface area contributed by atoms with Crippen LogP contribution in [0, 0.1) is 17.8 Å². The fourth-order valence-corrected chi connectivity index (χ4v) is 5.37. The van der Waals surface area contributed by atoms with Gasteiger partial charge in [-0.3, -0.25) is 4.98 Å². The minimum absolute atomic E-state index is 0.199. The summed E-state index contributed by atoms with van der Waals surface area (Å²) in [6.45, 7) is 16.0. The monoisotopic (exact) mass is 438 g/mol. The molecule has 0 fully saturated rings. The lowest BCUT2D eigenvalue weighted by Crippen LogP contribution is -2.23. The third-order valence-electron chi connectivity index (χ3n) is 6.51. The highest BCUT2D eigenvalue weighted by Crippen LogP contribution is 2.32. The van der Waals surface area contributed by atoms with Crippen molar-refractivity contribution >= 4 is 38.5 Å². The van der Waals surface area contributed by atoms with E-state index in [1.54, 1.807) is 0 Å². The van der Waals surface area contributed by atoms with Crippen molar-refractivity contribution in [2.24, 2.45) is 17.9 Å². The van der Waals surface area contributed by atoms with Crippen molar-refractivity contribution in [3.05, 3.63) is 65.4 Å². The number of para-hydroxylation sites is 1. The summed E-state index contributed by atoms with van der Waals surface area (Å²) < 4.78 is 4.81. The van der Waals surface area contributed by atoms with E-state index in [0.29, 0.717) is 0 Å².